The van der Waals surface area contributed by atoms with Gasteiger partial charge in [-0.15, -0.1) is 0 Å². The van der Waals surface area contributed by atoms with Gasteiger partial charge >= 0.3 is 0 Å². The number of hydrogen-bond acceptors (Lipinski definition) is 0. The monoisotopic (exact) mass is 342 g/mol. The van der Waals surface area contributed by atoms with Crippen LogP contribution in [-0.2, 0) is 19.3 Å². The number of unbranched alkanes of at least 4 members (excludes halogenated alkanes) is 4. The molecule has 0 aromatic heterocycles. The molecule has 1 aliphatic carbocycles. The summed E-state index contributed by atoms with van der Waals surface area (Å²) in [6.07, 6.45) is 10.0. The summed E-state index contributed by atoms with van der Waals surface area (Å²) >= 11 is 0. The van der Waals surface area contributed by atoms with Crippen LogP contribution in [0.4, 0.5) is 8.78 Å². The van der Waals surface area contributed by atoms with Crippen LogP contribution in [0.2, 0.25) is 0 Å². The molecule has 2 aromatic rings. The van der Waals surface area contributed by atoms with Gasteiger partial charge < -0.3 is 0 Å². The van der Waals surface area contributed by atoms with Crippen molar-refractivity contribution in [3.05, 3.63) is 70.3 Å². The van der Waals surface area contributed by atoms with E-state index in [1.54, 1.807) is 6.07 Å². The molecule has 0 radical (unpaired) electrons. The van der Waals surface area contributed by atoms with Crippen LogP contribution in [0.1, 0.15) is 73.6 Å². The van der Waals surface area contributed by atoms with E-state index in [0.29, 0.717) is 17.9 Å². The molecular formula is C23H28F2. The number of aryl methyl sites for hydroxylation is 1. The average Bonchev–Trinajstić information content (AvgIpc) is 2.65. The van der Waals surface area contributed by atoms with Gasteiger partial charge in [0.25, 0.3) is 0 Å². The third-order valence-electron chi connectivity index (χ3n) is 5.52. The van der Waals surface area contributed by atoms with Crippen LogP contribution in [0.15, 0.2) is 36.4 Å². The molecule has 0 saturated heterocycles. The smallest absolute Gasteiger partial charge is 0.162 e. The predicted octanol–water partition coefficient (Wildman–Crippen LogP) is 6.75. The molecule has 25 heavy (non-hydrogen) atoms. The molecule has 2 heteroatoms. The molecule has 1 unspecified atom stereocenters. The van der Waals surface area contributed by atoms with Gasteiger partial charge in [0.05, 0.1) is 0 Å². The molecule has 0 heterocycles. The van der Waals surface area contributed by atoms with Crippen molar-refractivity contribution in [2.24, 2.45) is 0 Å². The first-order chi connectivity index (χ1) is 12.2. The Kier molecular flexibility index (Phi) is 6.23. The van der Waals surface area contributed by atoms with E-state index in [0.717, 1.165) is 24.8 Å². The van der Waals surface area contributed by atoms with E-state index in [1.165, 1.54) is 49.3 Å². The number of benzene rings is 2. The molecule has 2 aromatic carbocycles. The summed E-state index contributed by atoms with van der Waals surface area (Å²) in [7, 11) is 0. The Morgan fingerprint density at radius 3 is 2.44 bits per heavy atom. The molecule has 0 bridgehead atoms. The Morgan fingerprint density at radius 2 is 1.68 bits per heavy atom. The summed E-state index contributed by atoms with van der Waals surface area (Å²) in [5.41, 5.74) is 4.28. The van der Waals surface area contributed by atoms with Crippen LogP contribution in [-0.4, -0.2) is 0 Å². The van der Waals surface area contributed by atoms with Crippen molar-refractivity contribution >= 4 is 0 Å². The van der Waals surface area contributed by atoms with E-state index in [-0.39, 0.29) is 0 Å². The first-order valence-electron chi connectivity index (χ1n) is 9.73. The van der Waals surface area contributed by atoms with Crippen molar-refractivity contribution in [3.8, 4) is 0 Å². The van der Waals surface area contributed by atoms with E-state index in [2.05, 4.69) is 31.2 Å². The third kappa shape index (κ3) is 4.48. The lowest BCUT2D eigenvalue weighted by atomic mass is 9.80. The Morgan fingerprint density at radius 1 is 0.920 bits per heavy atom. The van der Waals surface area contributed by atoms with Crippen LogP contribution in [0, 0.1) is 11.6 Å². The molecule has 0 nitrogen and oxygen atoms in total. The Bertz CT molecular complexity index is 688. The standard InChI is InChI=1S/C23H28F2/c1-2-3-4-5-6-7-17-8-10-18(11-9-17)19-12-14-21-20(16-19)13-15-22(24)23(21)25/h8-11,13,15,19H,2-7,12,14,16H2,1H3. The zero-order valence-corrected chi connectivity index (χ0v) is 15.2. The highest BCUT2D eigenvalue weighted by Crippen LogP contribution is 2.34. The van der Waals surface area contributed by atoms with Gasteiger partial charge in [-0.05, 0) is 66.3 Å². The Balaban J connectivity index is 1.58. The Labute approximate surface area is 150 Å². The molecule has 0 fully saturated rings. The van der Waals surface area contributed by atoms with Gasteiger partial charge in [-0.3, -0.25) is 0 Å². The zero-order chi connectivity index (χ0) is 17.6. The van der Waals surface area contributed by atoms with Crippen LogP contribution >= 0.6 is 0 Å². The van der Waals surface area contributed by atoms with E-state index in [9.17, 15) is 8.78 Å². The zero-order valence-electron chi connectivity index (χ0n) is 15.2. The summed E-state index contributed by atoms with van der Waals surface area (Å²) in [6, 6.07) is 12.0. The second-order valence-corrected chi connectivity index (χ2v) is 7.34. The van der Waals surface area contributed by atoms with Gasteiger partial charge in [0, 0.05) is 0 Å². The highest BCUT2D eigenvalue weighted by molar-refractivity contribution is 5.36. The largest absolute Gasteiger partial charge is 0.204 e. The summed E-state index contributed by atoms with van der Waals surface area (Å²) < 4.78 is 27.3. The van der Waals surface area contributed by atoms with E-state index >= 15 is 0 Å². The lowest BCUT2D eigenvalue weighted by Gasteiger charge is -2.25. The molecule has 0 saturated carbocycles. The molecule has 0 N–H and O–H groups in total. The topological polar surface area (TPSA) is 0 Å². The minimum Gasteiger partial charge on any atom is -0.204 e. The quantitative estimate of drug-likeness (QED) is 0.488. The third-order valence-corrected chi connectivity index (χ3v) is 5.52. The normalized spacial score (nSPS) is 16.7. The molecule has 1 atom stereocenters. The molecular weight excluding hydrogens is 314 g/mol. The van der Waals surface area contributed by atoms with Gasteiger partial charge in [-0.1, -0.05) is 62.9 Å². The fourth-order valence-electron chi connectivity index (χ4n) is 3.95. The SMILES string of the molecule is CCCCCCCc1ccc(C2CCc3c(ccc(F)c3F)C2)cc1. The van der Waals surface area contributed by atoms with Crippen molar-refractivity contribution in [3.63, 3.8) is 0 Å². The highest BCUT2D eigenvalue weighted by atomic mass is 19.2. The van der Waals surface area contributed by atoms with Gasteiger partial charge in [0.2, 0.25) is 0 Å². The van der Waals surface area contributed by atoms with Gasteiger partial charge in [0.15, 0.2) is 11.6 Å². The van der Waals surface area contributed by atoms with Crippen molar-refractivity contribution in [2.45, 2.75) is 70.6 Å². The lowest BCUT2D eigenvalue weighted by molar-refractivity contribution is 0.478. The van der Waals surface area contributed by atoms with E-state index in [4.69, 9.17) is 0 Å². The van der Waals surface area contributed by atoms with Crippen LogP contribution in [0.25, 0.3) is 0 Å². The van der Waals surface area contributed by atoms with Gasteiger partial charge in [0.1, 0.15) is 0 Å². The molecule has 0 spiro atoms. The summed E-state index contributed by atoms with van der Waals surface area (Å²) in [4.78, 5) is 0. The number of fused-ring (bicyclic) bond motifs is 1. The van der Waals surface area contributed by atoms with Crippen molar-refractivity contribution in [1.29, 1.82) is 0 Å². The summed E-state index contributed by atoms with van der Waals surface area (Å²) in [6.45, 7) is 2.24. The maximum absolute atomic E-state index is 13.9. The minimum atomic E-state index is -0.722. The fraction of sp³-hybridized carbons (Fsp3) is 0.478. The first kappa shape index (κ1) is 18.1. The van der Waals surface area contributed by atoms with Gasteiger partial charge in [-0.2, -0.15) is 0 Å². The number of rotatable bonds is 7. The Hall–Kier alpha value is -1.70. The van der Waals surface area contributed by atoms with Crippen molar-refractivity contribution in [2.75, 3.05) is 0 Å². The van der Waals surface area contributed by atoms with Crippen molar-refractivity contribution < 1.29 is 8.78 Å². The highest BCUT2D eigenvalue weighted by Gasteiger charge is 2.23. The number of halogens is 2. The van der Waals surface area contributed by atoms with Crippen LogP contribution in [0.3, 0.4) is 0 Å². The van der Waals surface area contributed by atoms with Crippen LogP contribution < -0.4 is 0 Å². The summed E-state index contributed by atoms with van der Waals surface area (Å²) in [5.74, 6) is -0.953. The van der Waals surface area contributed by atoms with E-state index < -0.39 is 11.6 Å². The van der Waals surface area contributed by atoms with Crippen LogP contribution in [0.5, 0.6) is 0 Å². The van der Waals surface area contributed by atoms with Gasteiger partial charge in [-0.25, -0.2) is 8.78 Å². The van der Waals surface area contributed by atoms with Crippen molar-refractivity contribution in [1.82, 2.24) is 0 Å². The molecule has 3 rings (SSSR count). The molecule has 1 aliphatic rings. The second-order valence-electron chi connectivity index (χ2n) is 7.34. The summed E-state index contributed by atoms with van der Waals surface area (Å²) in [5, 5.41) is 0. The number of hydrogen-bond donors (Lipinski definition) is 0. The molecule has 0 aliphatic heterocycles. The molecule has 134 valence electrons. The lowest BCUT2D eigenvalue weighted by Crippen LogP contribution is -2.15. The van der Waals surface area contributed by atoms with E-state index in [1.807, 2.05) is 0 Å². The molecule has 0 amide bonds. The average molecular weight is 342 g/mol. The predicted molar refractivity (Wildman–Crippen MR) is 100 cm³/mol. The fourth-order valence-corrected chi connectivity index (χ4v) is 3.95. The first-order valence-corrected chi connectivity index (χ1v) is 9.73. The second kappa shape index (κ2) is 8.60. The maximum Gasteiger partial charge on any atom is 0.162 e. The minimum absolute atomic E-state index is 0.413. The maximum atomic E-state index is 13.9.